The van der Waals surface area contributed by atoms with Crippen LogP contribution in [0, 0.1) is 12.7 Å². The van der Waals surface area contributed by atoms with Crippen LogP contribution in [-0.4, -0.2) is 8.42 Å². The van der Waals surface area contributed by atoms with E-state index >= 15 is 0 Å². The molecule has 4 nitrogen and oxygen atoms in total. The van der Waals surface area contributed by atoms with Gasteiger partial charge in [-0.15, -0.1) is 0 Å². The minimum absolute atomic E-state index is 0.160. The third-order valence-electron chi connectivity index (χ3n) is 3.31. The van der Waals surface area contributed by atoms with Gasteiger partial charge in [0, 0.05) is 0 Å². The highest BCUT2D eigenvalue weighted by molar-refractivity contribution is 7.91. The first-order chi connectivity index (χ1) is 10.4. The Morgan fingerprint density at radius 1 is 1.05 bits per heavy atom. The molecule has 1 heterocycles. The number of fused-ring (bicyclic) bond motifs is 1. The van der Waals surface area contributed by atoms with Gasteiger partial charge in [0.2, 0.25) is 15.3 Å². The van der Waals surface area contributed by atoms with Gasteiger partial charge in [0.25, 0.3) is 0 Å². The summed E-state index contributed by atoms with van der Waals surface area (Å²) in [4.78, 5) is 11.8. The first-order valence-electron chi connectivity index (χ1n) is 6.42. The molecule has 0 fully saturated rings. The molecule has 1 aromatic heterocycles. The van der Waals surface area contributed by atoms with Crippen LogP contribution >= 0.6 is 0 Å². The zero-order chi connectivity index (χ0) is 15.9. The van der Waals surface area contributed by atoms with Crippen LogP contribution in [0.4, 0.5) is 4.39 Å². The van der Waals surface area contributed by atoms with Gasteiger partial charge in [-0.25, -0.2) is 12.8 Å². The lowest BCUT2D eigenvalue weighted by Crippen LogP contribution is -2.15. The van der Waals surface area contributed by atoms with Gasteiger partial charge in [-0.05, 0) is 48.9 Å². The molecule has 0 amide bonds. The van der Waals surface area contributed by atoms with Crippen LogP contribution in [0.5, 0.6) is 0 Å². The summed E-state index contributed by atoms with van der Waals surface area (Å²) in [6.07, 6.45) is 0.933. The van der Waals surface area contributed by atoms with Crippen molar-refractivity contribution in [3.63, 3.8) is 0 Å². The average molecular weight is 318 g/mol. The van der Waals surface area contributed by atoms with E-state index in [-0.39, 0.29) is 10.3 Å². The predicted octanol–water partition coefficient (Wildman–Crippen LogP) is 3.07. The van der Waals surface area contributed by atoms with Crippen LogP contribution in [0.3, 0.4) is 0 Å². The first kappa shape index (κ1) is 14.5. The number of hydrogen-bond acceptors (Lipinski definition) is 4. The molecule has 22 heavy (non-hydrogen) atoms. The van der Waals surface area contributed by atoms with E-state index in [0.717, 1.165) is 36.1 Å². The van der Waals surface area contributed by atoms with Gasteiger partial charge in [0.05, 0.1) is 10.3 Å². The second-order valence-electron chi connectivity index (χ2n) is 4.89. The highest BCUT2D eigenvalue weighted by Gasteiger charge is 2.23. The second kappa shape index (κ2) is 5.06. The van der Waals surface area contributed by atoms with Gasteiger partial charge in [-0.3, -0.25) is 4.79 Å². The molecule has 3 aromatic rings. The monoisotopic (exact) mass is 318 g/mol. The number of sulfone groups is 1. The van der Waals surface area contributed by atoms with Crippen molar-refractivity contribution in [1.82, 2.24) is 0 Å². The third kappa shape index (κ3) is 2.31. The molecule has 0 unspecified atom stereocenters. The van der Waals surface area contributed by atoms with E-state index in [1.807, 2.05) is 6.92 Å². The van der Waals surface area contributed by atoms with E-state index < -0.39 is 26.0 Å². The molecule has 6 heteroatoms. The molecule has 3 rings (SSSR count). The highest BCUT2D eigenvalue weighted by atomic mass is 32.2. The zero-order valence-corrected chi connectivity index (χ0v) is 12.4. The summed E-state index contributed by atoms with van der Waals surface area (Å²) >= 11 is 0. The summed E-state index contributed by atoms with van der Waals surface area (Å²) in [5.74, 6) is -0.556. The molecule has 0 saturated heterocycles. The van der Waals surface area contributed by atoms with Gasteiger partial charge in [-0.2, -0.15) is 0 Å². The number of aryl methyl sites for hydroxylation is 1. The quantitative estimate of drug-likeness (QED) is 0.681. The Morgan fingerprint density at radius 2 is 1.73 bits per heavy atom. The lowest BCUT2D eigenvalue weighted by Gasteiger charge is -2.05. The Morgan fingerprint density at radius 3 is 2.41 bits per heavy atom. The lowest BCUT2D eigenvalue weighted by atomic mass is 10.2. The summed E-state index contributed by atoms with van der Waals surface area (Å²) in [6, 6.07) is 9.17. The fraction of sp³-hybridized carbons (Fsp3) is 0.0625. The predicted molar refractivity (Wildman–Crippen MR) is 79.1 cm³/mol. The maximum absolute atomic E-state index is 12.9. The molecule has 0 saturated carbocycles. The van der Waals surface area contributed by atoms with Crippen molar-refractivity contribution in [3.05, 3.63) is 70.3 Å². The largest absolute Gasteiger partial charge is 0.463 e. The molecule has 0 atom stereocenters. The summed E-state index contributed by atoms with van der Waals surface area (Å²) in [5, 5.41) is 0.189. The topological polar surface area (TPSA) is 64.3 Å². The number of rotatable bonds is 2. The molecule has 0 N–H and O–H groups in total. The van der Waals surface area contributed by atoms with Crippen molar-refractivity contribution in [2.75, 3.05) is 0 Å². The molecule has 0 radical (unpaired) electrons. The summed E-state index contributed by atoms with van der Waals surface area (Å²) in [6.45, 7) is 1.84. The zero-order valence-electron chi connectivity index (χ0n) is 11.5. The minimum Gasteiger partial charge on any atom is -0.463 e. The third-order valence-corrected chi connectivity index (χ3v) is 5.07. The van der Waals surface area contributed by atoms with Gasteiger partial charge >= 0.3 is 0 Å². The Hall–Kier alpha value is -2.47. The SMILES string of the molecule is Cc1ccc2c(=O)c(S(=O)(=O)c3ccc(F)cc3)coc2c1. The van der Waals surface area contributed by atoms with Gasteiger partial charge in [-0.1, -0.05) is 6.07 Å². The van der Waals surface area contributed by atoms with Crippen LogP contribution < -0.4 is 5.43 Å². The summed E-state index contributed by atoms with van der Waals surface area (Å²) < 4.78 is 43.2. The number of halogens is 1. The highest BCUT2D eigenvalue weighted by Crippen LogP contribution is 2.21. The standard InChI is InChI=1S/C16H11FO4S/c1-10-2-7-13-14(8-10)21-9-15(16(13)18)22(19,20)12-5-3-11(17)4-6-12/h2-9H,1H3. The van der Waals surface area contributed by atoms with E-state index in [1.54, 1.807) is 12.1 Å². The molecule has 2 aromatic carbocycles. The molecule has 0 bridgehead atoms. The Labute approximate surface area is 125 Å². The fourth-order valence-corrected chi connectivity index (χ4v) is 3.42. The van der Waals surface area contributed by atoms with Crippen molar-refractivity contribution < 1.29 is 17.2 Å². The van der Waals surface area contributed by atoms with Crippen molar-refractivity contribution in [2.24, 2.45) is 0 Å². The molecule has 0 spiro atoms. The molecule has 112 valence electrons. The van der Waals surface area contributed by atoms with E-state index in [2.05, 4.69) is 0 Å². The van der Waals surface area contributed by atoms with E-state index in [1.165, 1.54) is 6.07 Å². The van der Waals surface area contributed by atoms with Gasteiger partial charge in [0.1, 0.15) is 17.7 Å². The van der Waals surface area contributed by atoms with Gasteiger partial charge in [0.15, 0.2) is 4.90 Å². The van der Waals surface area contributed by atoms with Crippen molar-refractivity contribution in [2.45, 2.75) is 16.7 Å². The molecular formula is C16H11FO4S. The van der Waals surface area contributed by atoms with Crippen molar-refractivity contribution >= 4 is 20.8 Å². The first-order valence-corrected chi connectivity index (χ1v) is 7.91. The van der Waals surface area contributed by atoms with Crippen LogP contribution in [0.2, 0.25) is 0 Å². The number of benzene rings is 2. The van der Waals surface area contributed by atoms with Crippen LogP contribution in [0.1, 0.15) is 5.56 Å². The minimum atomic E-state index is -4.06. The van der Waals surface area contributed by atoms with Gasteiger partial charge < -0.3 is 4.42 Å². The fourth-order valence-electron chi connectivity index (χ4n) is 2.14. The molecule has 0 aliphatic rings. The molecule has 0 aliphatic carbocycles. The summed E-state index contributed by atoms with van der Waals surface area (Å²) in [7, 11) is -4.06. The Bertz CT molecular complexity index is 1020. The maximum Gasteiger partial charge on any atom is 0.213 e. The Balaban J connectivity index is 2.26. The lowest BCUT2D eigenvalue weighted by molar-refractivity contribution is 0.566. The smallest absolute Gasteiger partial charge is 0.213 e. The molecule has 0 aliphatic heterocycles. The van der Waals surface area contributed by atoms with Crippen LogP contribution in [-0.2, 0) is 9.84 Å². The van der Waals surface area contributed by atoms with Crippen molar-refractivity contribution in [1.29, 1.82) is 0 Å². The summed E-state index contributed by atoms with van der Waals surface area (Å²) in [5.41, 5.74) is 0.582. The van der Waals surface area contributed by atoms with Crippen LogP contribution in [0.25, 0.3) is 11.0 Å². The second-order valence-corrected chi connectivity index (χ2v) is 6.80. The van der Waals surface area contributed by atoms with E-state index in [0.29, 0.717) is 5.58 Å². The van der Waals surface area contributed by atoms with E-state index in [9.17, 15) is 17.6 Å². The molecular weight excluding hydrogens is 307 g/mol. The van der Waals surface area contributed by atoms with Crippen LogP contribution in [0.15, 0.2) is 67.7 Å². The number of hydrogen-bond donors (Lipinski definition) is 0. The maximum atomic E-state index is 12.9. The normalized spacial score (nSPS) is 11.7. The average Bonchev–Trinajstić information content (AvgIpc) is 2.47. The van der Waals surface area contributed by atoms with Crippen molar-refractivity contribution in [3.8, 4) is 0 Å². The van der Waals surface area contributed by atoms with E-state index in [4.69, 9.17) is 4.42 Å². The Kier molecular flexibility index (Phi) is 3.33.